The Morgan fingerprint density at radius 1 is 1.19 bits per heavy atom. The zero-order valence-electron chi connectivity index (χ0n) is 15.3. The summed E-state index contributed by atoms with van der Waals surface area (Å²) in [7, 11) is 0. The summed E-state index contributed by atoms with van der Waals surface area (Å²) in [6.07, 6.45) is 7.19. The molecule has 1 saturated heterocycles. The number of nitrogens with one attached hydrogen (secondary N) is 2. The Kier molecular flexibility index (Phi) is 5.15. The topological polar surface area (TPSA) is 94.2 Å². The molecule has 4 rings (SSSR count). The summed E-state index contributed by atoms with van der Waals surface area (Å²) in [5, 5.41) is 2.86. The predicted octanol–water partition coefficient (Wildman–Crippen LogP) is 0.804. The van der Waals surface area contributed by atoms with Crippen molar-refractivity contribution in [3.63, 3.8) is 0 Å². The molecule has 1 aliphatic carbocycles. The van der Waals surface area contributed by atoms with E-state index in [1.165, 1.54) is 0 Å². The molecule has 142 valence electrons. The van der Waals surface area contributed by atoms with Gasteiger partial charge >= 0.3 is 0 Å². The Morgan fingerprint density at radius 2 is 2.00 bits per heavy atom. The van der Waals surface area contributed by atoms with E-state index in [1.54, 1.807) is 18.5 Å². The number of hydrogen-bond acceptors (Lipinski definition) is 6. The Bertz CT molecular complexity index is 858. The van der Waals surface area contributed by atoms with Crippen molar-refractivity contribution in [1.29, 1.82) is 0 Å². The van der Waals surface area contributed by atoms with Crippen molar-refractivity contribution in [2.24, 2.45) is 0 Å². The summed E-state index contributed by atoms with van der Waals surface area (Å²) >= 11 is 0. The maximum absolute atomic E-state index is 12.3. The molecule has 0 bridgehead atoms. The fraction of sp³-hybridized carbons (Fsp3) is 0.474. The third-order valence-electron chi connectivity index (χ3n) is 5.16. The molecule has 0 spiro atoms. The number of aromatic amines is 1. The number of rotatable bonds is 4. The predicted molar refractivity (Wildman–Crippen MR) is 103 cm³/mol. The van der Waals surface area contributed by atoms with E-state index in [0.29, 0.717) is 18.2 Å². The molecule has 0 radical (unpaired) electrons. The van der Waals surface area contributed by atoms with Gasteiger partial charge in [0.1, 0.15) is 0 Å². The fourth-order valence-corrected chi connectivity index (χ4v) is 3.70. The lowest BCUT2D eigenvalue weighted by Crippen LogP contribution is -2.49. The number of anilines is 2. The third kappa shape index (κ3) is 4.16. The minimum Gasteiger partial charge on any atom is -0.340 e. The van der Waals surface area contributed by atoms with Crippen LogP contribution >= 0.6 is 0 Å². The number of pyridine rings is 1. The standard InChI is InChI=1S/C19H24N6O2/c26-17(21-14-4-3-7-20-12-14)13-24-8-10-25(11-9-24)19-22-16-6-2-1-5-15(16)18(27)23-19/h3-4,7,12H,1-2,5-6,8-11,13H2,(H,21,26)(H,22,23,27). The average Bonchev–Trinajstić information content (AvgIpc) is 2.69. The number of H-pyrrole nitrogens is 1. The summed E-state index contributed by atoms with van der Waals surface area (Å²) < 4.78 is 0. The van der Waals surface area contributed by atoms with Crippen molar-refractivity contribution >= 4 is 17.5 Å². The SMILES string of the molecule is O=C(CN1CCN(c2nc3c(c(=O)[nH]2)CCCC3)CC1)Nc1cccnc1. The Balaban J connectivity index is 1.33. The minimum atomic E-state index is -0.0447. The Hall–Kier alpha value is -2.74. The lowest BCUT2D eigenvalue weighted by Gasteiger charge is -2.34. The van der Waals surface area contributed by atoms with Crippen molar-refractivity contribution in [3.8, 4) is 0 Å². The van der Waals surface area contributed by atoms with Gasteiger partial charge in [0.2, 0.25) is 11.9 Å². The van der Waals surface area contributed by atoms with Crippen LogP contribution in [-0.4, -0.2) is 58.5 Å². The van der Waals surface area contributed by atoms with Gasteiger partial charge in [-0.2, -0.15) is 0 Å². The van der Waals surface area contributed by atoms with Gasteiger partial charge in [-0.15, -0.1) is 0 Å². The van der Waals surface area contributed by atoms with E-state index in [9.17, 15) is 9.59 Å². The largest absolute Gasteiger partial charge is 0.340 e. The summed E-state index contributed by atoms with van der Waals surface area (Å²) in [4.78, 5) is 40.4. The van der Waals surface area contributed by atoms with Gasteiger partial charge in [0.25, 0.3) is 5.56 Å². The lowest BCUT2D eigenvalue weighted by molar-refractivity contribution is -0.117. The molecule has 0 atom stereocenters. The van der Waals surface area contributed by atoms with Crippen molar-refractivity contribution in [2.75, 3.05) is 42.9 Å². The highest BCUT2D eigenvalue weighted by Gasteiger charge is 2.23. The molecule has 3 heterocycles. The molecule has 1 amide bonds. The van der Waals surface area contributed by atoms with Crippen LogP contribution in [0, 0.1) is 0 Å². The van der Waals surface area contributed by atoms with Crippen LogP contribution in [0.5, 0.6) is 0 Å². The van der Waals surface area contributed by atoms with E-state index in [2.05, 4.69) is 25.1 Å². The smallest absolute Gasteiger partial charge is 0.255 e. The number of fused-ring (bicyclic) bond motifs is 1. The molecule has 2 aromatic heterocycles. The summed E-state index contributed by atoms with van der Waals surface area (Å²) in [6, 6.07) is 3.61. The molecule has 0 saturated carbocycles. The molecule has 2 aromatic rings. The van der Waals surface area contributed by atoms with Crippen molar-refractivity contribution in [3.05, 3.63) is 46.1 Å². The molecular formula is C19H24N6O2. The number of carbonyl (C=O) groups is 1. The molecular weight excluding hydrogens is 344 g/mol. The van der Waals surface area contributed by atoms with Gasteiger partial charge in [0.05, 0.1) is 24.1 Å². The van der Waals surface area contributed by atoms with E-state index in [-0.39, 0.29) is 11.5 Å². The maximum Gasteiger partial charge on any atom is 0.255 e. The van der Waals surface area contributed by atoms with Gasteiger partial charge in [0, 0.05) is 37.9 Å². The number of carbonyl (C=O) groups excluding carboxylic acids is 1. The van der Waals surface area contributed by atoms with E-state index >= 15 is 0 Å². The number of amides is 1. The molecule has 8 heteroatoms. The van der Waals surface area contributed by atoms with Gasteiger partial charge in [-0.3, -0.25) is 24.5 Å². The van der Waals surface area contributed by atoms with Gasteiger partial charge < -0.3 is 10.2 Å². The Labute approximate surface area is 157 Å². The monoisotopic (exact) mass is 368 g/mol. The number of aromatic nitrogens is 3. The van der Waals surface area contributed by atoms with Gasteiger partial charge in [0.15, 0.2) is 0 Å². The zero-order chi connectivity index (χ0) is 18.6. The highest BCUT2D eigenvalue weighted by atomic mass is 16.2. The molecule has 2 aliphatic rings. The van der Waals surface area contributed by atoms with E-state index in [4.69, 9.17) is 4.98 Å². The molecule has 0 unspecified atom stereocenters. The maximum atomic E-state index is 12.3. The van der Waals surface area contributed by atoms with Gasteiger partial charge in [-0.1, -0.05) is 0 Å². The van der Waals surface area contributed by atoms with Crippen LogP contribution in [0.2, 0.25) is 0 Å². The van der Waals surface area contributed by atoms with Crippen LogP contribution in [0.25, 0.3) is 0 Å². The van der Waals surface area contributed by atoms with Crippen LogP contribution < -0.4 is 15.8 Å². The average molecular weight is 368 g/mol. The number of nitrogens with zero attached hydrogens (tertiary/aromatic N) is 4. The van der Waals surface area contributed by atoms with Crippen molar-refractivity contribution in [2.45, 2.75) is 25.7 Å². The fourth-order valence-electron chi connectivity index (χ4n) is 3.70. The second-order valence-electron chi connectivity index (χ2n) is 7.07. The summed E-state index contributed by atoms with van der Waals surface area (Å²) in [5.41, 5.74) is 2.53. The van der Waals surface area contributed by atoms with Gasteiger partial charge in [-0.25, -0.2) is 4.98 Å². The lowest BCUT2D eigenvalue weighted by atomic mass is 9.97. The van der Waals surface area contributed by atoms with E-state index in [0.717, 1.165) is 63.1 Å². The highest BCUT2D eigenvalue weighted by molar-refractivity contribution is 5.92. The first kappa shape index (κ1) is 17.7. The summed E-state index contributed by atoms with van der Waals surface area (Å²) in [6.45, 7) is 3.32. The van der Waals surface area contributed by atoms with Crippen LogP contribution in [0.15, 0.2) is 29.3 Å². The highest BCUT2D eigenvalue weighted by Crippen LogP contribution is 2.19. The Morgan fingerprint density at radius 3 is 2.78 bits per heavy atom. The molecule has 1 aliphatic heterocycles. The number of hydrogen-bond donors (Lipinski definition) is 2. The minimum absolute atomic E-state index is 0.00739. The van der Waals surface area contributed by atoms with Crippen molar-refractivity contribution < 1.29 is 4.79 Å². The second kappa shape index (κ2) is 7.87. The van der Waals surface area contributed by atoms with Crippen LogP contribution in [-0.2, 0) is 17.6 Å². The summed E-state index contributed by atoms with van der Waals surface area (Å²) in [5.74, 6) is 0.622. The van der Waals surface area contributed by atoms with Crippen LogP contribution in [0.1, 0.15) is 24.1 Å². The quantitative estimate of drug-likeness (QED) is 0.829. The number of piperazine rings is 1. The zero-order valence-corrected chi connectivity index (χ0v) is 15.3. The molecule has 27 heavy (non-hydrogen) atoms. The van der Waals surface area contributed by atoms with E-state index < -0.39 is 0 Å². The molecule has 2 N–H and O–H groups in total. The third-order valence-corrected chi connectivity index (χ3v) is 5.16. The first-order valence-corrected chi connectivity index (χ1v) is 9.48. The normalized spacial score (nSPS) is 17.4. The first-order valence-electron chi connectivity index (χ1n) is 9.48. The number of aryl methyl sites for hydroxylation is 1. The molecule has 1 fully saturated rings. The first-order chi connectivity index (χ1) is 13.2. The van der Waals surface area contributed by atoms with E-state index in [1.807, 2.05) is 6.07 Å². The second-order valence-corrected chi connectivity index (χ2v) is 7.07. The van der Waals surface area contributed by atoms with Crippen LogP contribution in [0.3, 0.4) is 0 Å². The molecule has 0 aromatic carbocycles. The van der Waals surface area contributed by atoms with Gasteiger partial charge in [-0.05, 0) is 37.8 Å². The van der Waals surface area contributed by atoms with Crippen LogP contribution in [0.4, 0.5) is 11.6 Å². The van der Waals surface area contributed by atoms with Crippen molar-refractivity contribution in [1.82, 2.24) is 19.9 Å². The molecule has 8 nitrogen and oxygen atoms in total.